The summed E-state index contributed by atoms with van der Waals surface area (Å²) in [5, 5.41) is 8.59. The molecular weight excluding hydrogens is 174 g/mol. The minimum atomic E-state index is -1.07. The highest BCUT2D eigenvalue weighted by molar-refractivity contribution is 5.78. The number of carboxylic acids is 1. The minimum absolute atomic E-state index is 0.0576. The van der Waals surface area contributed by atoms with Gasteiger partial charge in [-0.15, -0.1) is 0 Å². The van der Waals surface area contributed by atoms with Gasteiger partial charge in [-0.1, -0.05) is 0 Å². The minimum Gasteiger partial charge on any atom is -0.479 e. The molecule has 5 nitrogen and oxygen atoms in total. The molecule has 1 N–H and O–H groups in total. The van der Waals surface area contributed by atoms with Gasteiger partial charge >= 0.3 is 12.1 Å². The average Bonchev–Trinajstić information content (AvgIpc) is 2.03. The molecule has 0 spiro atoms. The molecule has 1 rings (SSSR count). The Hall–Kier alpha value is -1.26. The summed E-state index contributed by atoms with van der Waals surface area (Å²) >= 11 is 0. The summed E-state index contributed by atoms with van der Waals surface area (Å²) in [6, 6.07) is 0.0576. The van der Waals surface area contributed by atoms with Crippen molar-refractivity contribution in [2.45, 2.75) is 32.4 Å². The molecule has 0 radical (unpaired) electrons. The SMILES string of the molecule is CC(C)N1CCC(C(=O)O)OC1=O. The summed E-state index contributed by atoms with van der Waals surface area (Å²) in [5.74, 6) is -1.07. The second-order valence-electron chi connectivity index (χ2n) is 3.29. The number of cyclic esters (lactones) is 1. The van der Waals surface area contributed by atoms with Crippen molar-refractivity contribution in [1.82, 2.24) is 4.90 Å². The molecule has 1 amide bonds. The maximum atomic E-state index is 11.2. The molecular formula is C8H13NO4. The van der Waals surface area contributed by atoms with Crippen LogP contribution in [-0.2, 0) is 9.53 Å². The van der Waals surface area contributed by atoms with Crippen LogP contribution in [0.2, 0.25) is 0 Å². The molecule has 1 aliphatic rings. The molecule has 1 unspecified atom stereocenters. The smallest absolute Gasteiger partial charge is 0.410 e. The van der Waals surface area contributed by atoms with E-state index in [1.807, 2.05) is 13.8 Å². The van der Waals surface area contributed by atoms with Crippen LogP contribution in [0, 0.1) is 0 Å². The third kappa shape index (κ3) is 2.11. The van der Waals surface area contributed by atoms with Gasteiger partial charge in [0.05, 0.1) is 0 Å². The molecule has 1 heterocycles. The lowest BCUT2D eigenvalue weighted by Gasteiger charge is -2.32. The molecule has 5 heteroatoms. The van der Waals surface area contributed by atoms with Crippen LogP contribution in [0.25, 0.3) is 0 Å². The largest absolute Gasteiger partial charge is 0.479 e. The zero-order valence-electron chi connectivity index (χ0n) is 7.69. The Morgan fingerprint density at radius 2 is 2.31 bits per heavy atom. The lowest BCUT2D eigenvalue weighted by atomic mass is 10.2. The topological polar surface area (TPSA) is 66.8 Å². The molecule has 1 atom stereocenters. The molecule has 0 bridgehead atoms. The molecule has 0 aliphatic carbocycles. The van der Waals surface area contributed by atoms with Crippen LogP contribution in [0.15, 0.2) is 0 Å². The molecule has 1 fully saturated rings. The number of nitrogens with zero attached hydrogens (tertiary/aromatic N) is 1. The maximum Gasteiger partial charge on any atom is 0.410 e. The van der Waals surface area contributed by atoms with Gasteiger partial charge < -0.3 is 14.7 Å². The van der Waals surface area contributed by atoms with Crippen LogP contribution >= 0.6 is 0 Å². The number of carboxylic acid groups (broad SMARTS) is 1. The Morgan fingerprint density at radius 1 is 1.69 bits per heavy atom. The van der Waals surface area contributed by atoms with Gasteiger partial charge in [0.1, 0.15) is 0 Å². The summed E-state index contributed by atoms with van der Waals surface area (Å²) in [5.41, 5.74) is 0. The highest BCUT2D eigenvalue weighted by Crippen LogP contribution is 2.14. The summed E-state index contributed by atoms with van der Waals surface area (Å²) in [4.78, 5) is 23.2. The van der Waals surface area contributed by atoms with Crippen LogP contribution in [-0.4, -0.2) is 40.8 Å². The Morgan fingerprint density at radius 3 is 2.69 bits per heavy atom. The van der Waals surface area contributed by atoms with Crippen molar-refractivity contribution >= 4 is 12.1 Å². The van der Waals surface area contributed by atoms with Crippen LogP contribution in [0.3, 0.4) is 0 Å². The Kier molecular flexibility index (Phi) is 2.75. The third-order valence-corrected chi connectivity index (χ3v) is 2.01. The van der Waals surface area contributed by atoms with Gasteiger partial charge in [0.2, 0.25) is 6.10 Å². The summed E-state index contributed by atoms with van der Waals surface area (Å²) in [6.07, 6.45) is -1.14. The number of amides is 1. The number of hydrogen-bond donors (Lipinski definition) is 1. The predicted octanol–water partition coefficient (Wildman–Crippen LogP) is 0.690. The van der Waals surface area contributed by atoms with Gasteiger partial charge in [-0.05, 0) is 13.8 Å². The predicted molar refractivity (Wildman–Crippen MR) is 44.4 cm³/mol. The van der Waals surface area contributed by atoms with Gasteiger partial charge in [0, 0.05) is 19.0 Å². The molecule has 13 heavy (non-hydrogen) atoms. The maximum absolute atomic E-state index is 11.2. The van der Waals surface area contributed by atoms with Crippen molar-refractivity contribution in [3.05, 3.63) is 0 Å². The zero-order valence-corrected chi connectivity index (χ0v) is 7.69. The van der Waals surface area contributed by atoms with Gasteiger partial charge in [-0.2, -0.15) is 0 Å². The number of hydrogen-bond acceptors (Lipinski definition) is 3. The number of carbonyl (C=O) groups is 2. The third-order valence-electron chi connectivity index (χ3n) is 2.01. The van der Waals surface area contributed by atoms with Crippen molar-refractivity contribution < 1.29 is 19.4 Å². The summed E-state index contributed by atoms with van der Waals surface area (Å²) in [7, 11) is 0. The first kappa shape index (κ1) is 9.83. The van der Waals surface area contributed by atoms with E-state index in [0.717, 1.165) is 0 Å². The van der Waals surface area contributed by atoms with Crippen molar-refractivity contribution in [3.63, 3.8) is 0 Å². The molecule has 0 aromatic rings. The van der Waals surface area contributed by atoms with E-state index in [1.165, 1.54) is 4.90 Å². The second kappa shape index (κ2) is 3.64. The monoisotopic (exact) mass is 187 g/mol. The van der Waals surface area contributed by atoms with Crippen LogP contribution < -0.4 is 0 Å². The highest BCUT2D eigenvalue weighted by atomic mass is 16.6. The van der Waals surface area contributed by atoms with Crippen molar-refractivity contribution in [2.24, 2.45) is 0 Å². The van der Waals surface area contributed by atoms with E-state index in [4.69, 9.17) is 9.84 Å². The van der Waals surface area contributed by atoms with Crippen molar-refractivity contribution in [1.29, 1.82) is 0 Å². The summed E-state index contributed by atoms with van der Waals surface area (Å²) < 4.78 is 4.71. The van der Waals surface area contributed by atoms with E-state index in [1.54, 1.807) is 0 Å². The lowest BCUT2D eigenvalue weighted by molar-refractivity contribution is -0.149. The van der Waals surface area contributed by atoms with E-state index >= 15 is 0 Å². The molecule has 0 aromatic carbocycles. The quantitative estimate of drug-likeness (QED) is 0.690. The molecule has 1 saturated heterocycles. The van der Waals surface area contributed by atoms with E-state index in [2.05, 4.69) is 0 Å². The standard InChI is InChI=1S/C8H13NO4/c1-5(2)9-4-3-6(7(10)11)13-8(9)12/h5-6H,3-4H2,1-2H3,(H,10,11). The normalized spacial score (nSPS) is 23.2. The van der Waals surface area contributed by atoms with Crippen molar-refractivity contribution in [2.75, 3.05) is 6.54 Å². The number of aliphatic carboxylic acids is 1. The molecule has 0 aromatic heterocycles. The van der Waals surface area contributed by atoms with Gasteiger partial charge in [0.15, 0.2) is 0 Å². The number of carbonyl (C=O) groups excluding carboxylic acids is 1. The van der Waals surface area contributed by atoms with Gasteiger partial charge in [0.25, 0.3) is 0 Å². The Bertz CT molecular complexity index is 226. The van der Waals surface area contributed by atoms with Crippen LogP contribution in [0.5, 0.6) is 0 Å². The fourth-order valence-corrected chi connectivity index (χ4v) is 1.24. The van der Waals surface area contributed by atoms with Gasteiger partial charge in [-0.25, -0.2) is 9.59 Å². The highest BCUT2D eigenvalue weighted by Gasteiger charge is 2.32. The van der Waals surface area contributed by atoms with Crippen LogP contribution in [0.4, 0.5) is 4.79 Å². The fraction of sp³-hybridized carbons (Fsp3) is 0.750. The Labute approximate surface area is 76.3 Å². The second-order valence-corrected chi connectivity index (χ2v) is 3.29. The summed E-state index contributed by atoms with van der Waals surface area (Å²) in [6.45, 7) is 4.18. The van der Waals surface area contributed by atoms with Crippen molar-refractivity contribution in [3.8, 4) is 0 Å². The molecule has 1 aliphatic heterocycles. The fourth-order valence-electron chi connectivity index (χ4n) is 1.24. The van der Waals surface area contributed by atoms with E-state index in [0.29, 0.717) is 13.0 Å². The zero-order chi connectivity index (χ0) is 10.0. The lowest BCUT2D eigenvalue weighted by Crippen LogP contribution is -2.47. The first-order chi connectivity index (χ1) is 6.02. The molecule has 0 saturated carbocycles. The van der Waals surface area contributed by atoms with E-state index in [-0.39, 0.29) is 6.04 Å². The van der Waals surface area contributed by atoms with E-state index in [9.17, 15) is 9.59 Å². The van der Waals surface area contributed by atoms with Crippen LogP contribution in [0.1, 0.15) is 20.3 Å². The Balaban J connectivity index is 2.57. The first-order valence-corrected chi connectivity index (χ1v) is 4.22. The number of rotatable bonds is 2. The first-order valence-electron chi connectivity index (χ1n) is 4.22. The molecule has 74 valence electrons. The van der Waals surface area contributed by atoms with Gasteiger partial charge in [-0.3, -0.25) is 0 Å². The average molecular weight is 187 g/mol. The van der Waals surface area contributed by atoms with E-state index < -0.39 is 18.2 Å². The number of ether oxygens (including phenoxy) is 1.